The molecule has 2 rings (SSSR count). The molecule has 1 atom stereocenters. The molecular weight excluding hydrogens is 232 g/mol. The average molecular weight is 254 g/mol. The van der Waals surface area contributed by atoms with E-state index in [1.54, 1.807) is 0 Å². The van der Waals surface area contributed by atoms with Crippen LogP contribution in [0.1, 0.15) is 19.0 Å². The summed E-state index contributed by atoms with van der Waals surface area (Å²) in [7, 11) is 2.21. The minimum atomic E-state index is 0.637. The van der Waals surface area contributed by atoms with Gasteiger partial charge in [0.15, 0.2) is 5.13 Å². The molecule has 1 aromatic heterocycles. The first-order chi connectivity index (χ1) is 8.15. The van der Waals surface area contributed by atoms with Crippen LogP contribution in [0.25, 0.3) is 0 Å². The van der Waals surface area contributed by atoms with Crippen molar-refractivity contribution in [1.82, 2.24) is 14.8 Å². The van der Waals surface area contributed by atoms with E-state index in [1.807, 2.05) is 0 Å². The lowest BCUT2D eigenvalue weighted by Crippen LogP contribution is -2.39. The van der Waals surface area contributed by atoms with Crippen molar-refractivity contribution in [1.29, 1.82) is 0 Å². The molecule has 17 heavy (non-hydrogen) atoms. The Hall–Kier alpha value is -0.650. The molecule has 4 nitrogen and oxygen atoms in total. The van der Waals surface area contributed by atoms with Crippen LogP contribution in [0.15, 0.2) is 5.38 Å². The molecule has 96 valence electrons. The van der Waals surface area contributed by atoms with Gasteiger partial charge < -0.3 is 10.6 Å². The van der Waals surface area contributed by atoms with Crippen LogP contribution in [0.4, 0.5) is 5.13 Å². The predicted octanol–water partition coefficient (Wildman–Crippen LogP) is 1.29. The van der Waals surface area contributed by atoms with Crippen molar-refractivity contribution in [2.45, 2.75) is 25.8 Å². The zero-order valence-corrected chi connectivity index (χ0v) is 11.5. The van der Waals surface area contributed by atoms with Gasteiger partial charge in [0, 0.05) is 30.9 Å². The Morgan fingerprint density at radius 3 is 3.06 bits per heavy atom. The Labute approximate surface area is 107 Å². The Bertz CT molecular complexity index is 352. The van der Waals surface area contributed by atoms with Gasteiger partial charge in [-0.15, -0.1) is 11.3 Å². The molecule has 0 bridgehead atoms. The molecule has 0 aromatic carbocycles. The number of nitrogens with two attached hydrogens (primary N) is 1. The van der Waals surface area contributed by atoms with Gasteiger partial charge in [0.2, 0.25) is 0 Å². The molecule has 1 unspecified atom stereocenters. The minimum absolute atomic E-state index is 0.637. The highest BCUT2D eigenvalue weighted by Gasteiger charge is 2.19. The van der Waals surface area contributed by atoms with Gasteiger partial charge in [-0.1, -0.05) is 0 Å². The minimum Gasteiger partial charge on any atom is -0.375 e. The van der Waals surface area contributed by atoms with E-state index in [0.29, 0.717) is 11.2 Å². The van der Waals surface area contributed by atoms with E-state index in [2.05, 4.69) is 34.1 Å². The second-order valence-corrected chi connectivity index (χ2v) is 5.82. The van der Waals surface area contributed by atoms with E-state index in [1.165, 1.54) is 37.4 Å². The molecule has 1 fully saturated rings. The van der Waals surface area contributed by atoms with Gasteiger partial charge in [0.25, 0.3) is 0 Å². The number of aromatic nitrogens is 1. The van der Waals surface area contributed by atoms with Crippen molar-refractivity contribution in [3.05, 3.63) is 11.1 Å². The molecular formula is C12H22N4S. The van der Waals surface area contributed by atoms with Gasteiger partial charge in [0.05, 0.1) is 5.69 Å². The number of hydrogen-bond donors (Lipinski definition) is 1. The molecule has 0 spiro atoms. The third-order valence-corrected chi connectivity index (χ3v) is 4.13. The SMILES string of the molecule is CC1CN(C)CCCN1CCc1csc(N)n1. The maximum atomic E-state index is 5.64. The number of rotatable bonds is 3. The zero-order chi connectivity index (χ0) is 12.3. The van der Waals surface area contributed by atoms with E-state index in [4.69, 9.17) is 5.73 Å². The largest absolute Gasteiger partial charge is 0.375 e. The van der Waals surface area contributed by atoms with Crippen LogP contribution < -0.4 is 5.73 Å². The summed E-state index contributed by atoms with van der Waals surface area (Å²) in [5, 5.41) is 2.76. The maximum Gasteiger partial charge on any atom is 0.180 e. The van der Waals surface area contributed by atoms with E-state index >= 15 is 0 Å². The highest BCUT2D eigenvalue weighted by Crippen LogP contribution is 2.14. The third-order valence-electron chi connectivity index (χ3n) is 3.41. The lowest BCUT2D eigenvalue weighted by molar-refractivity contribution is 0.204. The number of likely N-dealkylation sites (N-methyl/N-ethyl adjacent to an activating group) is 1. The quantitative estimate of drug-likeness (QED) is 0.883. The normalized spacial score (nSPS) is 23.8. The molecule has 2 heterocycles. The van der Waals surface area contributed by atoms with Crippen molar-refractivity contribution < 1.29 is 0 Å². The summed E-state index contributed by atoms with van der Waals surface area (Å²) in [5.74, 6) is 0. The van der Waals surface area contributed by atoms with Crippen molar-refractivity contribution in [2.75, 3.05) is 39.0 Å². The maximum absolute atomic E-state index is 5.64. The van der Waals surface area contributed by atoms with E-state index in [-0.39, 0.29) is 0 Å². The second kappa shape index (κ2) is 5.80. The highest BCUT2D eigenvalue weighted by atomic mass is 32.1. The van der Waals surface area contributed by atoms with E-state index < -0.39 is 0 Å². The van der Waals surface area contributed by atoms with Gasteiger partial charge in [-0.2, -0.15) is 0 Å². The number of hydrogen-bond acceptors (Lipinski definition) is 5. The van der Waals surface area contributed by atoms with Crippen molar-refractivity contribution >= 4 is 16.5 Å². The Morgan fingerprint density at radius 2 is 2.35 bits per heavy atom. The van der Waals surface area contributed by atoms with Crippen molar-refractivity contribution in [3.63, 3.8) is 0 Å². The van der Waals surface area contributed by atoms with Crippen LogP contribution in [0, 0.1) is 0 Å². The summed E-state index contributed by atoms with van der Waals surface area (Å²) in [6.45, 7) is 6.99. The van der Waals surface area contributed by atoms with Gasteiger partial charge in [-0.25, -0.2) is 4.98 Å². The molecule has 0 aliphatic carbocycles. The van der Waals surface area contributed by atoms with Crippen LogP contribution in [-0.2, 0) is 6.42 Å². The van der Waals surface area contributed by atoms with Gasteiger partial charge in [-0.05, 0) is 33.5 Å². The summed E-state index contributed by atoms with van der Waals surface area (Å²) in [6.07, 6.45) is 2.28. The molecule has 1 saturated heterocycles. The fourth-order valence-electron chi connectivity index (χ4n) is 2.45. The topological polar surface area (TPSA) is 45.4 Å². The lowest BCUT2D eigenvalue weighted by Gasteiger charge is -2.27. The molecule has 5 heteroatoms. The second-order valence-electron chi connectivity index (χ2n) is 4.93. The predicted molar refractivity (Wildman–Crippen MR) is 73.4 cm³/mol. The van der Waals surface area contributed by atoms with Crippen LogP contribution in [-0.4, -0.2) is 54.1 Å². The Morgan fingerprint density at radius 1 is 1.53 bits per heavy atom. The average Bonchev–Trinajstić information content (AvgIpc) is 2.61. The van der Waals surface area contributed by atoms with Gasteiger partial charge >= 0.3 is 0 Å². The third kappa shape index (κ3) is 3.66. The fraction of sp³-hybridized carbons (Fsp3) is 0.750. The van der Waals surface area contributed by atoms with Crippen LogP contribution in [0.5, 0.6) is 0 Å². The van der Waals surface area contributed by atoms with E-state index in [0.717, 1.165) is 18.7 Å². The summed E-state index contributed by atoms with van der Waals surface area (Å²) >= 11 is 1.54. The number of anilines is 1. The molecule has 1 aliphatic heterocycles. The fourth-order valence-corrected chi connectivity index (χ4v) is 3.05. The summed E-state index contributed by atoms with van der Waals surface area (Å²) < 4.78 is 0. The summed E-state index contributed by atoms with van der Waals surface area (Å²) in [5.41, 5.74) is 6.78. The molecule has 0 radical (unpaired) electrons. The summed E-state index contributed by atoms with van der Waals surface area (Å²) in [6, 6.07) is 0.637. The first-order valence-electron chi connectivity index (χ1n) is 6.27. The first kappa shape index (κ1) is 12.8. The molecule has 1 aliphatic rings. The van der Waals surface area contributed by atoms with Crippen LogP contribution >= 0.6 is 11.3 Å². The molecule has 1 aromatic rings. The van der Waals surface area contributed by atoms with Crippen molar-refractivity contribution in [3.8, 4) is 0 Å². The Kier molecular flexibility index (Phi) is 4.36. The standard InChI is InChI=1S/C12H22N4S/c1-10-8-15(2)5-3-6-16(10)7-4-11-9-17-12(13)14-11/h9-10H,3-8H2,1-2H3,(H2,13,14). The monoisotopic (exact) mass is 254 g/mol. The van der Waals surface area contributed by atoms with Gasteiger partial charge in [0.1, 0.15) is 0 Å². The highest BCUT2D eigenvalue weighted by molar-refractivity contribution is 7.13. The smallest absolute Gasteiger partial charge is 0.180 e. The van der Waals surface area contributed by atoms with Crippen LogP contribution in [0.2, 0.25) is 0 Å². The first-order valence-corrected chi connectivity index (χ1v) is 7.15. The van der Waals surface area contributed by atoms with Crippen molar-refractivity contribution in [2.24, 2.45) is 0 Å². The Balaban J connectivity index is 1.85. The molecule has 0 saturated carbocycles. The van der Waals surface area contributed by atoms with Crippen LogP contribution in [0.3, 0.4) is 0 Å². The number of thiazole rings is 1. The number of nitrogen functional groups attached to an aromatic ring is 1. The summed E-state index contributed by atoms with van der Waals surface area (Å²) in [4.78, 5) is 9.31. The lowest BCUT2D eigenvalue weighted by atomic mass is 10.2. The molecule has 2 N–H and O–H groups in total. The van der Waals surface area contributed by atoms with Gasteiger partial charge in [-0.3, -0.25) is 4.90 Å². The van der Waals surface area contributed by atoms with E-state index in [9.17, 15) is 0 Å². The number of nitrogens with zero attached hydrogens (tertiary/aromatic N) is 3. The zero-order valence-electron chi connectivity index (χ0n) is 10.7. The molecule has 0 amide bonds.